The second kappa shape index (κ2) is 2.79. The Morgan fingerprint density at radius 1 is 0.875 bits per heavy atom. The van der Waals surface area contributed by atoms with Gasteiger partial charge in [-0.2, -0.15) is 0 Å². The van der Waals surface area contributed by atoms with E-state index in [4.69, 9.17) is 9.98 Å². The summed E-state index contributed by atoms with van der Waals surface area (Å²) in [6.45, 7) is 4.19. The third-order valence-electron chi connectivity index (χ3n) is 4.76. The molecule has 16 heavy (non-hydrogen) atoms. The predicted octanol–water partition coefficient (Wildman–Crippen LogP) is 0.544. The zero-order valence-corrected chi connectivity index (χ0v) is 9.77. The second-order valence-electron chi connectivity index (χ2n) is 5.69. The van der Waals surface area contributed by atoms with Gasteiger partial charge < -0.3 is 10.6 Å². The van der Waals surface area contributed by atoms with Crippen LogP contribution in [-0.4, -0.2) is 35.8 Å². The van der Waals surface area contributed by atoms with E-state index < -0.39 is 0 Å². The van der Waals surface area contributed by atoms with E-state index in [-0.39, 0.29) is 0 Å². The lowest BCUT2D eigenvalue weighted by atomic mass is 9.90. The van der Waals surface area contributed by atoms with Gasteiger partial charge in [0.1, 0.15) is 0 Å². The highest BCUT2D eigenvalue weighted by molar-refractivity contribution is 5.82. The molecule has 0 bridgehead atoms. The summed E-state index contributed by atoms with van der Waals surface area (Å²) in [5.41, 5.74) is 0. The van der Waals surface area contributed by atoms with Gasteiger partial charge >= 0.3 is 0 Å². The van der Waals surface area contributed by atoms with Crippen LogP contribution in [0.15, 0.2) is 9.98 Å². The largest absolute Gasteiger partial charge is 0.371 e. The Morgan fingerprint density at radius 3 is 1.88 bits per heavy atom. The summed E-state index contributed by atoms with van der Waals surface area (Å²) in [6.07, 6.45) is 2.41. The van der Waals surface area contributed by atoms with Crippen molar-refractivity contribution in [2.24, 2.45) is 21.8 Å². The maximum Gasteiger partial charge on any atom is 0.0937 e. The number of amidine groups is 2. The van der Waals surface area contributed by atoms with E-state index >= 15 is 0 Å². The number of nitrogens with one attached hydrogen (secondary N) is 2. The van der Waals surface area contributed by atoms with Gasteiger partial charge in [-0.25, -0.2) is 0 Å². The SMILES string of the molecule is CC1=N[C@@H]2C[C@@H]3N=C(C)N[C@@H]4C[C@H](N1)[C@H]2[C@H]34. The van der Waals surface area contributed by atoms with Gasteiger partial charge in [0.15, 0.2) is 0 Å². The summed E-state index contributed by atoms with van der Waals surface area (Å²) in [5, 5.41) is 7.13. The summed E-state index contributed by atoms with van der Waals surface area (Å²) in [5.74, 6) is 3.71. The highest BCUT2D eigenvalue weighted by atomic mass is 15.2. The molecule has 0 unspecified atom stereocenters. The molecule has 4 heteroatoms. The van der Waals surface area contributed by atoms with Crippen molar-refractivity contribution in [2.45, 2.75) is 50.9 Å². The van der Waals surface area contributed by atoms with Crippen LogP contribution in [0, 0.1) is 11.8 Å². The molecule has 4 rings (SSSR count). The molecule has 0 saturated heterocycles. The molecular formula is C12H18N4. The van der Waals surface area contributed by atoms with E-state index in [1.54, 1.807) is 0 Å². The molecule has 2 heterocycles. The third kappa shape index (κ3) is 1.00. The monoisotopic (exact) mass is 218 g/mol. The normalized spacial score (nSPS) is 52.4. The zero-order valence-electron chi connectivity index (χ0n) is 9.77. The van der Waals surface area contributed by atoms with Gasteiger partial charge in [-0.15, -0.1) is 0 Å². The van der Waals surface area contributed by atoms with Crippen molar-refractivity contribution in [1.29, 1.82) is 0 Å². The fourth-order valence-corrected chi connectivity index (χ4v) is 4.43. The van der Waals surface area contributed by atoms with Crippen LogP contribution in [0.5, 0.6) is 0 Å². The molecule has 86 valence electrons. The molecule has 6 atom stereocenters. The number of nitrogens with zero attached hydrogens (tertiary/aromatic N) is 2. The molecular weight excluding hydrogens is 200 g/mol. The van der Waals surface area contributed by atoms with E-state index in [1.807, 2.05) is 0 Å². The fourth-order valence-electron chi connectivity index (χ4n) is 4.43. The Kier molecular flexibility index (Phi) is 1.57. The number of hydrogen-bond donors (Lipinski definition) is 2. The summed E-state index contributed by atoms with van der Waals surface area (Å²) in [4.78, 5) is 9.56. The Labute approximate surface area is 95.6 Å². The Bertz CT molecular complexity index is 364. The standard InChI is InChI=1S/C12H18N4/c1-5-13-7-3-9-12-10(16-6(2)15-9)4-8(14-5)11(7)12/h7-12H,3-4H2,1-2H3,(H,13,14)(H,15,16)/t7-,8+,9+,10-,11+,12-. The van der Waals surface area contributed by atoms with Crippen molar-refractivity contribution in [3.63, 3.8) is 0 Å². The smallest absolute Gasteiger partial charge is 0.0937 e. The molecule has 0 radical (unpaired) electrons. The minimum Gasteiger partial charge on any atom is -0.371 e. The van der Waals surface area contributed by atoms with Gasteiger partial charge in [0, 0.05) is 23.9 Å². The zero-order chi connectivity index (χ0) is 10.9. The van der Waals surface area contributed by atoms with Crippen LogP contribution in [0.25, 0.3) is 0 Å². The molecule has 4 nitrogen and oxygen atoms in total. The summed E-state index contributed by atoms with van der Waals surface area (Å²) >= 11 is 0. The lowest BCUT2D eigenvalue weighted by Gasteiger charge is -2.30. The average Bonchev–Trinajstić information content (AvgIpc) is 2.70. The van der Waals surface area contributed by atoms with Crippen LogP contribution in [0.2, 0.25) is 0 Å². The van der Waals surface area contributed by atoms with Gasteiger partial charge in [0.25, 0.3) is 0 Å². The van der Waals surface area contributed by atoms with Crippen molar-refractivity contribution in [3.8, 4) is 0 Å². The van der Waals surface area contributed by atoms with E-state index in [2.05, 4.69) is 24.5 Å². The lowest BCUT2D eigenvalue weighted by molar-refractivity contribution is 0.319. The molecule has 2 saturated carbocycles. The first-order valence-corrected chi connectivity index (χ1v) is 6.34. The second-order valence-corrected chi connectivity index (χ2v) is 5.69. The molecule has 2 aliphatic heterocycles. The molecule has 0 aromatic carbocycles. The molecule has 2 aliphatic carbocycles. The van der Waals surface area contributed by atoms with Crippen LogP contribution < -0.4 is 10.6 Å². The molecule has 0 amide bonds. The summed E-state index contributed by atoms with van der Waals surface area (Å²) in [6, 6.07) is 2.33. The van der Waals surface area contributed by atoms with Gasteiger partial charge in [-0.05, 0) is 26.7 Å². The Balaban J connectivity index is 1.78. The summed E-state index contributed by atoms with van der Waals surface area (Å²) < 4.78 is 0. The van der Waals surface area contributed by atoms with Gasteiger partial charge in [0.2, 0.25) is 0 Å². The average molecular weight is 218 g/mol. The molecule has 0 spiro atoms. The fraction of sp³-hybridized carbons (Fsp3) is 0.833. The van der Waals surface area contributed by atoms with Crippen LogP contribution in [0.3, 0.4) is 0 Å². The Hall–Kier alpha value is -1.06. The third-order valence-corrected chi connectivity index (χ3v) is 4.76. The quantitative estimate of drug-likeness (QED) is 0.623. The van der Waals surface area contributed by atoms with Crippen LogP contribution in [0.1, 0.15) is 26.7 Å². The first-order valence-electron chi connectivity index (χ1n) is 6.34. The molecule has 2 fully saturated rings. The molecule has 2 N–H and O–H groups in total. The van der Waals surface area contributed by atoms with E-state index in [0.717, 1.165) is 23.5 Å². The number of rotatable bonds is 0. The minimum absolute atomic E-state index is 0.530. The highest BCUT2D eigenvalue weighted by Gasteiger charge is 2.57. The molecule has 0 aromatic heterocycles. The van der Waals surface area contributed by atoms with Crippen LogP contribution >= 0.6 is 0 Å². The first kappa shape index (κ1) is 9.02. The van der Waals surface area contributed by atoms with Crippen LogP contribution in [-0.2, 0) is 0 Å². The van der Waals surface area contributed by atoms with Crippen molar-refractivity contribution in [1.82, 2.24) is 10.6 Å². The topological polar surface area (TPSA) is 48.8 Å². The van der Waals surface area contributed by atoms with Gasteiger partial charge in [-0.1, -0.05) is 0 Å². The van der Waals surface area contributed by atoms with E-state index in [9.17, 15) is 0 Å². The van der Waals surface area contributed by atoms with E-state index in [1.165, 1.54) is 12.8 Å². The van der Waals surface area contributed by atoms with Gasteiger partial charge in [-0.3, -0.25) is 9.98 Å². The highest BCUT2D eigenvalue weighted by Crippen LogP contribution is 2.49. The number of aliphatic imine (C=N–C) groups is 2. The van der Waals surface area contributed by atoms with Crippen molar-refractivity contribution < 1.29 is 0 Å². The van der Waals surface area contributed by atoms with Crippen molar-refractivity contribution in [2.75, 3.05) is 0 Å². The van der Waals surface area contributed by atoms with Crippen LogP contribution in [0.4, 0.5) is 0 Å². The van der Waals surface area contributed by atoms with E-state index in [0.29, 0.717) is 24.2 Å². The summed E-state index contributed by atoms with van der Waals surface area (Å²) in [7, 11) is 0. The maximum absolute atomic E-state index is 4.78. The lowest BCUT2D eigenvalue weighted by Crippen LogP contribution is -2.45. The Morgan fingerprint density at radius 2 is 1.38 bits per heavy atom. The van der Waals surface area contributed by atoms with Crippen molar-refractivity contribution >= 4 is 11.7 Å². The van der Waals surface area contributed by atoms with Gasteiger partial charge in [0.05, 0.1) is 23.8 Å². The van der Waals surface area contributed by atoms with Crippen molar-refractivity contribution in [3.05, 3.63) is 0 Å². The molecule has 4 aliphatic rings. The minimum atomic E-state index is 0.530. The number of hydrogen-bond acceptors (Lipinski definition) is 4. The first-order chi connectivity index (χ1) is 7.72. The predicted molar refractivity (Wildman–Crippen MR) is 63.9 cm³/mol. The maximum atomic E-state index is 4.78. The molecule has 0 aromatic rings.